The minimum Gasteiger partial charge on any atom is -0.466 e. The average molecular weight is 453 g/mol. The Bertz CT molecular complexity index is 894. The van der Waals surface area contributed by atoms with Gasteiger partial charge in [-0.1, -0.05) is 12.1 Å². The summed E-state index contributed by atoms with van der Waals surface area (Å²) in [5.74, 6) is -1.98. The van der Waals surface area contributed by atoms with Crippen molar-refractivity contribution in [1.29, 1.82) is 0 Å². The maximum atomic E-state index is 13.0. The van der Waals surface area contributed by atoms with Gasteiger partial charge in [0.15, 0.2) is 0 Å². The summed E-state index contributed by atoms with van der Waals surface area (Å²) in [6, 6.07) is 4.59. The SMILES string of the molecule is CCOC(=O)C1CCCN(C(=O)CN2C(=O)NC(C)(c3ccc(OC(F)F)cc3)C2=O)C1. The normalized spacial score (nSPS) is 23.3. The molecule has 0 bridgehead atoms. The van der Waals surface area contributed by atoms with Crippen molar-refractivity contribution < 1.29 is 37.4 Å². The van der Waals surface area contributed by atoms with Gasteiger partial charge in [0, 0.05) is 13.1 Å². The first kappa shape index (κ1) is 23.4. The van der Waals surface area contributed by atoms with Gasteiger partial charge in [-0.15, -0.1) is 0 Å². The molecular weight excluding hydrogens is 428 g/mol. The molecule has 11 heteroatoms. The molecule has 0 aromatic heterocycles. The number of alkyl halides is 2. The van der Waals surface area contributed by atoms with Crippen molar-refractivity contribution in [2.75, 3.05) is 26.2 Å². The molecule has 1 aromatic rings. The predicted molar refractivity (Wildman–Crippen MR) is 107 cm³/mol. The van der Waals surface area contributed by atoms with E-state index in [9.17, 15) is 28.0 Å². The Hall–Kier alpha value is -3.24. The van der Waals surface area contributed by atoms with Crippen molar-refractivity contribution in [2.24, 2.45) is 5.92 Å². The first-order valence-electron chi connectivity index (χ1n) is 10.3. The number of hydrogen-bond donors (Lipinski definition) is 1. The van der Waals surface area contributed by atoms with Crippen molar-refractivity contribution >= 4 is 23.8 Å². The minimum absolute atomic E-state index is 0.0857. The number of rotatable bonds is 7. The lowest BCUT2D eigenvalue weighted by Crippen LogP contribution is -2.48. The summed E-state index contributed by atoms with van der Waals surface area (Å²) >= 11 is 0. The van der Waals surface area contributed by atoms with Crippen LogP contribution in [-0.4, -0.2) is 66.5 Å². The van der Waals surface area contributed by atoms with Gasteiger partial charge in [0.1, 0.15) is 17.8 Å². The summed E-state index contributed by atoms with van der Waals surface area (Å²) in [7, 11) is 0. The van der Waals surface area contributed by atoms with E-state index >= 15 is 0 Å². The lowest BCUT2D eigenvalue weighted by Gasteiger charge is -2.32. The Morgan fingerprint density at radius 1 is 1.25 bits per heavy atom. The Morgan fingerprint density at radius 2 is 1.94 bits per heavy atom. The quantitative estimate of drug-likeness (QED) is 0.499. The first-order valence-corrected chi connectivity index (χ1v) is 10.3. The molecule has 4 amide bonds. The third-order valence-corrected chi connectivity index (χ3v) is 5.62. The van der Waals surface area contributed by atoms with E-state index in [0.717, 1.165) is 4.90 Å². The monoisotopic (exact) mass is 453 g/mol. The third kappa shape index (κ3) is 4.81. The summed E-state index contributed by atoms with van der Waals surface area (Å²) in [6.07, 6.45) is 1.22. The van der Waals surface area contributed by atoms with Gasteiger partial charge in [-0.2, -0.15) is 8.78 Å². The van der Waals surface area contributed by atoms with Gasteiger partial charge in [-0.3, -0.25) is 19.3 Å². The summed E-state index contributed by atoms with van der Waals surface area (Å²) in [5, 5.41) is 2.56. The molecule has 2 heterocycles. The number of nitrogens with one attached hydrogen (secondary N) is 1. The molecule has 174 valence electrons. The maximum Gasteiger partial charge on any atom is 0.387 e. The van der Waals surface area contributed by atoms with E-state index in [2.05, 4.69) is 10.1 Å². The summed E-state index contributed by atoms with van der Waals surface area (Å²) in [5.41, 5.74) is -1.11. The molecule has 0 radical (unpaired) electrons. The van der Waals surface area contributed by atoms with Gasteiger partial charge in [-0.05, 0) is 44.4 Å². The van der Waals surface area contributed by atoms with Gasteiger partial charge in [0.05, 0.1) is 12.5 Å². The zero-order valence-electron chi connectivity index (χ0n) is 17.8. The third-order valence-electron chi connectivity index (χ3n) is 5.62. The molecule has 2 saturated heterocycles. The number of nitrogens with zero attached hydrogens (tertiary/aromatic N) is 2. The topological polar surface area (TPSA) is 105 Å². The maximum absolute atomic E-state index is 13.0. The number of urea groups is 1. The second kappa shape index (κ2) is 9.49. The Labute approximate surface area is 183 Å². The highest BCUT2D eigenvalue weighted by molar-refractivity contribution is 6.09. The van der Waals surface area contributed by atoms with E-state index in [1.807, 2.05) is 0 Å². The zero-order valence-corrected chi connectivity index (χ0v) is 17.8. The smallest absolute Gasteiger partial charge is 0.387 e. The fourth-order valence-electron chi connectivity index (χ4n) is 3.90. The molecule has 3 rings (SSSR count). The highest BCUT2D eigenvalue weighted by Crippen LogP contribution is 2.30. The molecule has 2 atom stereocenters. The van der Waals surface area contributed by atoms with Crippen LogP contribution in [0.4, 0.5) is 13.6 Å². The van der Waals surface area contributed by atoms with Crippen LogP contribution in [0.5, 0.6) is 5.75 Å². The largest absolute Gasteiger partial charge is 0.466 e. The van der Waals surface area contributed by atoms with Crippen LogP contribution in [0.25, 0.3) is 0 Å². The standard InChI is InChI=1S/C21H25F2N3O6/c1-3-31-17(28)13-5-4-10-25(11-13)16(27)12-26-18(29)21(2,24-20(26)30)14-6-8-15(9-7-14)32-19(22)23/h6-9,13,19H,3-5,10-12H2,1-2H3,(H,24,30). The first-order chi connectivity index (χ1) is 15.2. The molecule has 0 aliphatic carbocycles. The number of hydrogen-bond acceptors (Lipinski definition) is 6. The van der Waals surface area contributed by atoms with Crippen molar-refractivity contribution in [1.82, 2.24) is 15.1 Å². The molecule has 9 nitrogen and oxygen atoms in total. The molecule has 1 N–H and O–H groups in total. The molecule has 0 spiro atoms. The van der Waals surface area contributed by atoms with Crippen molar-refractivity contribution in [3.63, 3.8) is 0 Å². The molecule has 2 aliphatic heterocycles. The van der Waals surface area contributed by atoms with E-state index in [1.165, 1.54) is 36.1 Å². The number of amides is 4. The number of carbonyl (C=O) groups is 4. The van der Waals surface area contributed by atoms with Gasteiger partial charge >= 0.3 is 18.6 Å². The molecule has 2 aliphatic rings. The van der Waals surface area contributed by atoms with Crippen molar-refractivity contribution in [3.05, 3.63) is 29.8 Å². The summed E-state index contributed by atoms with van der Waals surface area (Å²) in [4.78, 5) is 52.6. The molecule has 2 fully saturated rings. The van der Waals surface area contributed by atoms with Gasteiger partial charge in [-0.25, -0.2) is 4.79 Å². The second-order valence-electron chi connectivity index (χ2n) is 7.78. The number of ether oxygens (including phenoxy) is 2. The van der Waals surface area contributed by atoms with Crippen LogP contribution in [0.2, 0.25) is 0 Å². The number of benzene rings is 1. The van der Waals surface area contributed by atoms with E-state index in [1.54, 1.807) is 6.92 Å². The summed E-state index contributed by atoms with van der Waals surface area (Å²) in [6.45, 7) is 0.563. The van der Waals surface area contributed by atoms with Crippen LogP contribution in [0.15, 0.2) is 24.3 Å². The van der Waals surface area contributed by atoms with E-state index in [-0.39, 0.29) is 24.9 Å². The minimum atomic E-state index is -2.98. The number of esters is 1. The van der Waals surface area contributed by atoms with Gasteiger partial charge in [0.2, 0.25) is 5.91 Å². The Kier molecular flexibility index (Phi) is 6.95. The zero-order chi connectivity index (χ0) is 23.5. The van der Waals surface area contributed by atoms with Crippen LogP contribution in [-0.2, 0) is 24.7 Å². The highest BCUT2D eigenvalue weighted by atomic mass is 19.3. The molecule has 0 saturated carbocycles. The number of halogens is 2. The van der Waals surface area contributed by atoms with Gasteiger partial charge < -0.3 is 19.7 Å². The molecule has 1 aromatic carbocycles. The fourth-order valence-corrected chi connectivity index (χ4v) is 3.90. The van der Waals surface area contributed by atoms with E-state index < -0.39 is 42.5 Å². The van der Waals surface area contributed by atoms with Crippen molar-refractivity contribution in [3.8, 4) is 5.75 Å². The number of carbonyl (C=O) groups excluding carboxylic acids is 4. The fraction of sp³-hybridized carbons (Fsp3) is 0.524. The number of likely N-dealkylation sites (tertiary alicyclic amines) is 1. The highest BCUT2D eigenvalue weighted by Gasteiger charge is 2.50. The summed E-state index contributed by atoms with van der Waals surface area (Å²) < 4.78 is 34.0. The molecule has 2 unspecified atom stereocenters. The van der Waals surface area contributed by atoms with Crippen molar-refractivity contribution in [2.45, 2.75) is 38.8 Å². The lowest BCUT2D eigenvalue weighted by atomic mass is 9.92. The molecule has 32 heavy (non-hydrogen) atoms. The molecular formula is C21H25F2N3O6. The predicted octanol–water partition coefficient (Wildman–Crippen LogP) is 1.86. The second-order valence-corrected chi connectivity index (χ2v) is 7.78. The number of imide groups is 1. The lowest BCUT2D eigenvalue weighted by molar-refractivity contribution is -0.152. The van der Waals surface area contributed by atoms with Crippen LogP contribution in [0.3, 0.4) is 0 Å². The van der Waals surface area contributed by atoms with Gasteiger partial charge in [0.25, 0.3) is 5.91 Å². The van der Waals surface area contributed by atoms with E-state index in [4.69, 9.17) is 4.74 Å². The Morgan fingerprint density at radius 3 is 2.56 bits per heavy atom. The Balaban J connectivity index is 1.68. The van der Waals surface area contributed by atoms with Crippen LogP contribution < -0.4 is 10.1 Å². The van der Waals surface area contributed by atoms with Crippen LogP contribution in [0, 0.1) is 5.92 Å². The average Bonchev–Trinajstić information content (AvgIpc) is 2.98. The van der Waals surface area contributed by atoms with Crippen LogP contribution in [0.1, 0.15) is 32.3 Å². The number of piperidine rings is 1. The van der Waals surface area contributed by atoms with E-state index in [0.29, 0.717) is 24.9 Å². The van der Waals surface area contributed by atoms with Crippen LogP contribution >= 0.6 is 0 Å².